The van der Waals surface area contributed by atoms with Gasteiger partial charge in [-0.2, -0.15) is 5.26 Å². The summed E-state index contributed by atoms with van der Waals surface area (Å²) >= 11 is 0. The van der Waals surface area contributed by atoms with Gasteiger partial charge in [0.2, 0.25) is 10.0 Å². The van der Waals surface area contributed by atoms with E-state index in [9.17, 15) is 8.42 Å². The van der Waals surface area contributed by atoms with Gasteiger partial charge in [0.25, 0.3) is 0 Å². The van der Waals surface area contributed by atoms with E-state index in [0.717, 1.165) is 24.0 Å². The van der Waals surface area contributed by atoms with E-state index in [2.05, 4.69) is 6.07 Å². The Morgan fingerprint density at radius 3 is 1.76 bits per heavy atom. The summed E-state index contributed by atoms with van der Waals surface area (Å²) in [5, 5.41) is 14.2. The number of benzene rings is 2. The third-order valence-electron chi connectivity index (χ3n) is 5.32. The maximum Gasteiger partial charge on any atom is 0.238 e. The van der Waals surface area contributed by atoms with Gasteiger partial charge in [-0.05, 0) is 77.6 Å². The maximum atomic E-state index is 11.5. The number of primary sulfonamides is 1. The zero-order valence-corrected chi connectivity index (χ0v) is 14.5. The highest BCUT2D eigenvalue weighted by Crippen LogP contribution is 2.63. The molecule has 1 saturated carbocycles. The van der Waals surface area contributed by atoms with E-state index >= 15 is 0 Å². The van der Waals surface area contributed by atoms with Crippen LogP contribution < -0.4 is 5.14 Å². The maximum absolute atomic E-state index is 11.5. The molecule has 5 heteroatoms. The zero-order valence-electron chi connectivity index (χ0n) is 13.7. The molecular weight excluding hydrogens is 332 g/mol. The summed E-state index contributed by atoms with van der Waals surface area (Å²) in [6.45, 7) is 0. The molecule has 2 aliphatic rings. The molecule has 0 radical (unpaired) electrons. The first-order valence-corrected chi connectivity index (χ1v) is 9.81. The van der Waals surface area contributed by atoms with Crippen molar-refractivity contribution in [2.75, 3.05) is 0 Å². The van der Waals surface area contributed by atoms with Crippen molar-refractivity contribution in [3.05, 3.63) is 65.2 Å². The molecule has 0 aliphatic heterocycles. The third kappa shape index (κ3) is 2.99. The van der Waals surface area contributed by atoms with Gasteiger partial charge in [-0.25, -0.2) is 13.6 Å². The van der Waals surface area contributed by atoms with E-state index < -0.39 is 10.0 Å². The van der Waals surface area contributed by atoms with Crippen LogP contribution in [-0.4, -0.2) is 8.42 Å². The summed E-state index contributed by atoms with van der Waals surface area (Å²) in [5.41, 5.74) is 5.83. The number of allylic oxidation sites excluding steroid dienone is 2. The molecule has 0 aromatic heterocycles. The summed E-state index contributed by atoms with van der Waals surface area (Å²) in [6, 6.07) is 16.7. The molecule has 4 rings (SSSR count). The Hall–Kier alpha value is -2.42. The molecule has 0 atom stereocenters. The third-order valence-corrected chi connectivity index (χ3v) is 6.25. The van der Waals surface area contributed by atoms with E-state index in [1.165, 1.54) is 24.0 Å². The Balaban J connectivity index is 1.76. The first kappa shape index (κ1) is 16.1. The van der Waals surface area contributed by atoms with Crippen molar-refractivity contribution in [2.24, 2.45) is 10.6 Å². The minimum absolute atomic E-state index is 0.135. The van der Waals surface area contributed by atoms with Crippen molar-refractivity contribution >= 4 is 21.2 Å². The summed E-state index contributed by atoms with van der Waals surface area (Å²) in [5.74, 6) is 0. The van der Waals surface area contributed by atoms with Gasteiger partial charge in [0.15, 0.2) is 0 Å². The smallest absolute Gasteiger partial charge is 0.225 e. The van der Waals surface area contributed by atoms with E-state index in [0.29, 0.717) is 11.0 Å². The molecule has 0 bridgehead atoms. The fourth-order valence-electron chi connectivity index (χ4n) is 3.70. The first-order chi connectivity index (χ1) is 11.9. The molecule has 0 saturated heterocycles. The van der Waals surface area contributed by atoms with Gasteiger partial charge < -0.3 is 0 Å². The molecular formula is C20H18N2O2S. The zero-order chi connectivity index (χ0) is 17.7. The van der Waals surface area contributed by atoms with Crippen LogP contribution in [0.2, 0.25) is 0 Å². The normalized spacial score (nSPS) is 18.4. The van der Waals surface area contributed by atoms with Crippen molar-refractivity contribution in [3.8, 4) is 6.07 Å². The highest BCUT2D eigenvalue weighted by Gasteiger charge is 2.48. The van der Waals surface area contributed by atoms with Crippen LogP contribution in [0.1, 0.15) is 42.4 Å². The van der Waals surface area contributed by atoms with Crippen molar-refractivity contribution < 1.29 is 8.42 Å². The minimum atomic E-state index is -3.67. The average Bonchev–Trinajstić information content (AvgIpc) is 3.25. The van der Waals surface area contributed by atoms with E-state index in [1.54, 1.807) is 12.1 Å². The fraction of sp³-hybridized carbons (Fsp3) is 0.250. The highest BCUT2D eigenvalue weighted by molar-refractivity contribution is 7.89. The minimum Gasteiger partial charge on any atom is -0.225 e. The lowest BCUT2D eigenvalue weighted by Crippen LogP contribution is -2.11. The lowest BCUT2D eigenvalue weighted by Gasteiger charge is -2.09. The lowest BCUT2D eigenvalue weighted by molar-refractivity contribution is 0.568. The highest BCUT2D eigenvalue weighted by atomic mass is 32.2. The lowest BCUT2D eigenvalue weighted by atomic mass is 9.96. The molecule has 2 aliphatic carbocycles. The van der Waals surface area contributed by atoms with Crippen molar-refractivity contribution in [1.82, 2.24) is 0 Å². The van der Waals surface area contributed by atoms with E-state index in [1.807, 2.05) is 36.4 Å². The summed E-state index contributed by atoms with van der Waals surface area (Å²) in [4.78, 5) is 0.135. The summed E-state index contributed by atoms with van der Waals surface area (Å²) in [6.07, 6.45) is 4.55. The van der Waals surface area contributed by atoms with Gasteiger partial charge in [0, 0.05) is 0 Å². The van der Waals surface area contributed by atoms with Gasteiger partial charge in [0.1, 0.15) is 0 Å². The number of hydrogen-bond acceptors (Lipinski definition) is 3. The van der Waals surface area contributed by atoms with Crippen LogP contribution in [0.3, 0.4) is 0 Å². The molecule has 0 amide bonds. The fourth-order valence-corrected chi connectivity index (χ4v) is 4.22. The summed E-state index contributed by atoms with van der Waals surface area (Å²) in [7, 11) is -3.67. The quantitative estimate of drug-likeness (QED) is 0.916. The summed E-state index contributed by atoms with van der Waals surface area (Å²) < 4.78 is 22.9. The number of nitrogens with two attached hydrogens (primary N) is 1. The standard InChI is InChI=1S/C20H18N2O2S/c21-13-14-1-3-15(4-2-14)18-11-20(9-10-20)12-19(18)16-5-7-17(8-6-16)25(22,23)24/h1-8H,9-12H2,(H2,22,23,24). The van der Waals surface area contributed by atoms with Gasteiger partial charge in [0.05, 0.1) is 16.5 Å². The van der Waals surface area contributed by atoms with Gasteiger partial charge in [-0.3, -0.25) is 0 Å². The topological polar surface area (TPSA) is 83.9 Å². The van der Waals surface area contributed by atoms with Crippen LogP contribution in [0, 0.1) is 16.7 Å². The van der Waals surface area contributed by atoms with Crippen LogP contribution in [0.4, 0.5) is 0 Å². The van der Waals surface area contributed by atoms with Crippen molar-refractivity contribution in [3.63, 3.8) is 0 Å². The first-order valence-electron chi connectivity index (χ1n) is 8.26. The van der Waals surface area contributed by atoms with Crippen molar-refractivity contribution in [1.29, 1.82) is 5.26 Å². The number of rotatable bonds is 3. The van der Waals surface area contributed by atoms with Gasteiger partial charge in [-0.15, -0.1) is 0 Å². The van der Waals surface area contributed by atoms with Gasteiger partial charge in [-0.1, -0.05) is 24.3 Å². The Morgan fingerprint density at radius 1 is 0.880 bits per heavy atom. The number of sulfonamides is 1. The van der Waals surface area contributed by atoms with Crippen LogP contribution in [0.25, 0.3) is 11.1 Å². The van der Waals surface area contributed by atoms with E-state index in [4.69, 9.17) is 10.4 Å². The van der Waals surface area contributed by atoms with Gasteiger partial charge >= 0.3 is 0 Å². The molecule has 2 N–H and O–H groups in total. The molecule has 126 valence electrons. The van der Waals surface area contributed by atoms with Crippen LogP contribution in [-0.2, 0) is 10.0 Å². The Labute approximate surface area is 147 Å². The number of hydrogen-bond donors (Lipinski definition) is 1. The Kier molecular flexibility index (Phi) is 3.57. The van der Waals surface area contributed by atoms with Crippen LogP contribution in [0.15, 0.2) is 53.4 Å². The predicted molar refractivity (Wildman–Crippen MR) is 96.7 cm³/mol. The molecule has 2 aromatic carbocycles. The second-order valence-electron chi connectivity index (χ2n) is 7.07. The SMILES string of the molecule is N#Cc1ccc(C2=C(c3ccc(S(N)(=O)=O)cc3)CC3(CC3)C2)cc1. The van der Waals surface area contributed by atoms with E-state index in [-0.39, 0.29) is 4.90 Å². The molecule has 4 nitrogen and oxygen atoms in total. The monoisotopic (exact) mass is 350 g/mol. The number of nitriles is 1. The molecule has 2 aromatic rings. The second-order valence-corrected chi connectivity index (χ2v) is 8.63. The molecule has 1 fully saturated rings. The molecule has 0 heterocycles. The number of nitrogens with zero attached hydrogens (tertiary/aromatic N) is 1. The Bertz CT molecular complexity index is 1010. The predicted octanol–water partition coefficient (Wildman–Crippen LogP) is 3.69. The van der Waals surface area contributed by atoms with Crippen LogP contribution >= 0.6 is 0 Å². The average molecular weight is 350 g/mol. The molecule has 25 heavy (non-hydrogen) atoms. The van der Waals surface area contributed by atoms with Crippen molar-refractivity contribution in [2.45, 2.75) is 30.6 Å². The second kappa shape index (κ2) is 5.55. The Morgan fingerprint density at radius 2 is 1.36 bits per heavy atom. The largest absolute Gasteiger partial charge is 0.238 e. The molecule has 1 spiro atoms. The molecule has 0 unspecified atom stereocenters. The van der Waals surface area contributed by atoms with Crippen LogP contribution in [0.5, 0.6) is 0 Å².